The zero-order valence-corrected chi connectivity index (χ0v) is 16.0. The van der Waals surface area contributed by atoms with Crippen molar-refractivity contribution in [2.24, 2.45) is 0 Å². The summed E-state index contributed by atoms with van der Waals surface area (Å²) in [5.41, 5.74) is 2.45. The van der Waals surface area contributed by atoms with E-state index >= 15 is 0 Å². The van der Waals surface area contributed by atoms with Crippen molar-refractivity contribution < 1.29 is 13.9 Å². The van der Waals surface area contributed by atoms with E-state index < -0.39 is 0 Å². The zero-order valence-electron chi connectivity index (χ0n) is 16.0. The molecule has 2 aromatic rings. The molecular formula is C21H26FN3O2. The van der Waals surface area contributed by atoms with E-state index in [-0.39, 0.29) is 24.4 Å². The Bertz CT molecular complexity index is 812. The molecule has 3 rings (SSSR count). The van der Waals surface area contributed by atoms with E-state index in [1.807, 2.05) is 37.1 Å². The average molecular weight is 371 g/mol. The molecule has 0 aromatic heterocycles. The van der Waals surface area contributed by atoms with E-state index in [0.29, 0.717) is 12.2 Å². The third-order valence-electron chi connectivity index (χ3n) is 4.71. The number of carbonyl (C=O) groups excluding carboxylic acids is 1. The van der Waals surface area contributed by atoms with Gasteiger partial charge in [-0.25, -0.2) is 4.39 Å². The molecule has 144 valence electrons. The molecule has 1 unspecified atom stereocenters. The highest BCUT2D eigenvalue weighted by molar-refractivity contribution is 5.92. The van der Waals surface area contributed by atoms with Crippen LogP contribution in [0.5, 0.6) is 5.75 Å². The maximum atomic E-state index is 13.4. The summed E-state index contributed by atoms with van der Waals surface area (Å²) < 4.78 is 19.5. The molecule has 0 fully saturated rings. The number of nitrogens with one attached hydrogen (secondary N) is 1. The lowest BCUT2D eigenvalue weighted by Crippen LogP contribution is -2.46. The van der Waals surface area contributed by atoms with Crippen LogP contribution in [0.3, 0.4) is 0 Å². The van der Waals surface area contributed by atoms with Crippen molar-refractivity contribution >= 4 is 17.3 Å². The number of ether oxygens (including phenoxy) is 1. The summed E-state index contributed by atoms with van der Waals surface area (Å²) in [6.45, 7) is 6.48. The van der Waals surface area contributed by atoms with Gasteiger partial charge in [-0.2, -0.15) is 0 Å². The minimum Gasteiger partial charge on any atom is -0.485 e. The number of likely N-dealkylation sites (N-methyl/N-ethyl adjacent to an activating group) is 2. The maximum Gasteiger partial charge on any atom is 0.238 e. The van der Waals surface area contributed by atoms with Crippen LogP contribution in [-0.2, 0) is 4.79 Å². The lowest BCUT2D eigenvalue weighted by molar-refractivity contribution is -0.117. The number of benzene rings is 2. The third kappa shape index (κ3) is 4.77. The first-order valence-corrected chi connectivity index (χ1v) is 9.21. The van der Waals surface area contributed by atoms with Gasteiger partial charge >= 0.3 is 0 Å². The van der Waals surface area contributed by atoms with Crippen molar-refractivity contribution in [3.05, 3.63) is 53.8 Å². The average Bonchev–Trinajstić information content (AvgIpc) is 2.63. The Balaban J connectivity index is 1.57. The van der Waals surface area contributed by atoms with Crippen molar-refractivity contribution in [1.82, 2.24) is 4.90 Å². The van der Waals surface area contributed by atoms with E-state index in [1.165, 1.54) is 12.1 Å². The van der Waals surface area contributed by atoms with Gasteiger partial charge in [0.15, 0.2) is 0 Å². The molecule has 1 aliphatic rings. The highest BCUT2D eigenvalue weighted by atomic mass is 19.1. The van der Waals surface area contributed by atoms with E-state index in [2.05, 4.69) is 23.2 Å². The second-order valence-corrected chi connectivity index (χ2v) is 6.95. The zero-order chi connectivity index (χ0) is 19.4. The number of hydrogen-bond acceptors (Lipinski definition) is 4. The topological polar surface area (TPSA) is 44.8 Å². The van der Waals surface area contributed by atoms with Crippen LogP contribution in [-0.4, -0.2) is 50.1 Å². The second kappa shape index (κ2) is 8.39. The fraction of sp³-hybridized carbons (Fsp3) is 0.381. The van der Waals surface area contributed by atoms with Gasteiger partial charge in [-0.1, -0.05) is 18.2 Å². The van der Waals surface area contributed by atoms with Gasteiger partial charge in [0.05, 0.1) is 18.8 Å². The number of amides is 1. The summed E-state index contributed by atoms with van der Waals surface area (Å²) in [7, 11) is 1.89. The molecular weight excluding hydrogens is 345 g/mol. The first-order valence-electron chi connectivity index (χ1n) is 9.21. The molecule has 6 heteroatoms. The van der Waals surface area contributed by atoms with Crippen molar-refractivity contribution in [1.29, 1.82) is 0 Å². The Kier molecular flexibility index (Phi) is 5.96. The second-order valence-electron chi connectivity index (χ2n) is 6.95. The van der Waals surface area contributed by atoms with E-state index in [0.717, 1.165) is 30.1 Å². The Morgan fingerprint density at radius 2 is 2.11 bits per heavy atom. The molecule has 0 saturated heterocycles. The molecule has 0 radical (unpaired) electrons. The van der Waals surface area contributed by atoms with Gasteiger partial charge in [0, 0.05) is 18.8 Å². The highest BCUT2D eigenvalue weighted by Gasteiger charge is 2.25. The van der Waals surface area contributed by atoms with E-state index in [9.17, 15) is 9.18 Å². The van der Waals surface area contributed by atoms with E-state index in [1.54, 1.807) is 6.07 Å². The SMILES string of the molecule is CCN1CC(CN(C)CC(=O)Nc2cc(F)ccc2C)Oc2ccccc21. The summed E-state index contributed by atoms with van der Waals surface area (Å²) >= 11 is 0. The van der Waals surface area contributed by atoms with Crippen LogP contribution in [0.1, 0.15) is 12.5 Å². The number of carbonyl (C=O) groups is 1. The lowest BCUT2D eigenvalue weighted by Gasteiger charge is -2.37. The molecule has 1 N–H and O–H groups in total. The van der Waals surface area contributed by atoms with Crippen molar-refractivity contribution in [3.8, 4) is 5.75 Å². The Hall–Kier alpha value is -2.60. The van der Waals surface area contributed by atoms with Crippen LogP contribution in [0.25, 0.3) is 0 Å². The standard InChI is InChI=1S/C21H26FN3O2/c1-4-25-13-17(27-20-8-6-5-7-19(20)25)12-24(3)14-21(26)23-18-11-16(22)10-9-15(18)2/h5-11,17H,4,12-14H2,1-3H3,(H,23,26). The molecule has 0 saturated carbocycles. The molecule has 0 spiro atoms. The lowest BCUT2D eigenvalue weighted by atomic mass is 10.2. The molecule has 2 aromatic carbocycles. The summed E-state index contributed by atoms with van der Waals surface area (Å²) in [5, 5.41) is 2.78. The van der Waals surface area contributed by atoms with Crippen LogP contribution < -0.4 is 15.0 Å². The summed E-state index contributed by atoms with van der Waals surface area (Å²) in [5.74, 6) is 0.344. The Labute approximate surface area is 159 Å². The number of fused-ring (bicyclic) bond motifs is 1. The van der Waals surface area contributed by atoms with Crippen molar-refractivity contribution in [3.63, 3.8) is 0 Å². The van der Waals surface area contributed by atoms with Gasteiger partial charge in [0.25, 0.3) is 0 Å². The molecule has 0 aliphatic carbocycles. The molecule has 1 aliphatic heterocycles. The predicted octanol–water partition coefficient (Wildman–Crippen LogP) is 3.29. The normalized spacial score (nSPS) is 16.0. The van der Waals surface area contributed by atoms with Gasteiger partial charge in [-0.15, -0.1) is 0 Å². The summed E-state index contributed by atoms with van der Waals surface area (Å²) in [4.78, 5) is 16.5. The minimum atomic E-state index is -0.363. The number of anilines is 2. The third-order valence-corrected chi connectivity index (χ3v) is 4.71. The summed E-state index contributed by atoms with van der Waals surface area (Å²) in [6, 6.07) is 12.4. The van der Waals surface area contributed by atoms with Gasteiger partial charge in [-0.05, 0) is 50.7 Å². The quantitative estimate of drug-likeness (QED) is 0.846. The van der Waals surface area contributed by atoms with Gasteiger partial charge in [0.1, 0.15) is 17.7 Å². The van der Waals surface area contributed by atoms with Crippen LogP contribution in [0, 0.1) is 12.7 Å². The smallest absolute Gasteiger partial charge is 0.238 e. The molecule has 27 heavy (non-hydrogen) atoms. The highest BCUT2D eigenvalue weighted by Crippen LogP contribution is 2.32. The summed E-state index contributed by atoms with van der Waals surface area (Å²) in [6.07, 6.45) is -0.0199. The fourth-order valence-electron chi connectivity index (χ4n) is 3.35. The number of halogens is 1. The molecule has 1 atom stereocenters. The number of hydrogen-bond donors (Lipinski definition) is 1. The first-order chi connectivity index (χ1) is 13.0. The Morgan fingerprint density at radius 3 is 2.89 bits per heavy atom. The predicted molar refractivity (Wildman–Crippen MR) is 106 cm³/mol. The number of nitrogens with zero attached hydrogens (tertiary/aromatic N) is 2. The van der Waals surface area contributed by atoms with Crippen molar-refractivity contribution in [2.75, 3.05) is 43.4 Å². The first kappa shape index (κ1) is 19.2. The number of aryl methyl sites for hydroxylation is 1. The minimum absolute atomic E-state index is 0.0199. The van der Waals surface area contributed by atoms with Crippen LogP contribution in [0.2, 0.25) is 0 Å². The number of para-hydroxylation sites is 2. The van der Waals surface area contributed by atoms with E-state index in [4.69, 9.17) is 4.74 Å². The van der Waals surface area contributed by atoms with Gasteiger partial charge < -0.3 is 15.0 Å². The molecule has 1 amide bonds. The molecule has 0 bridgehead atoms. The number of rotatable bonds is 6. The molecule has 1 heterocycles. The molecule has 5 nitrogen and oxygen atoms in total. The maximum absolute atomic E-state index is 13.4. The van der Waals surface area contributed by atoms with Crippen LogP contribution in [0.4, 0.5) is 15.8 Å². The van der Waals surface area contributed by atoms with Crippen LogP contribution in [0.15, 0.2) is 42.5 Å². The van der Waals surface area contributed by atoms with Gasteiger partial charge in [-0.3, -0.25) is 9.69 Å². The Morgan fingerprint density at radius 1 is 1.33 bits per heavy atom. The largest absolute Gasteiger partial charge is 0.485 e. The van der Waals surface area contributed by atoms with Gasteiger partial charge in [0.2, 0.25) is 5.91 Å². The monoisotopic (exact) mass is 371 g/mol. The van der Waals surface area contributed by atoms with Crippen molar-refractivity contribution in [2.45, 2.75) is 20.0 Å². The van der Waals surface area contributed by atoms with Crippen LogP contribution >= 0.6 is 0 Å². The fourth-order valence-corrected chi connectivity index (χ4v) is 3.35.